The van der Waals surface area contributed by atoms with Gasteiger partial charge in [0.1, 0.15) is 12.3 Å². The van der Waals surface area contributed by atoms with Crippen molar-refractivity contribution in [2.75, 3.05) is 6.61 Å². The SMILES string of the molecule is CCOc1c(Br)cc(Br)cc1/C=N/NC(=O)Cn1c2ccccc2c(=O)c2ccccc21. The second-order valence-corrected chi connectivity index (χ2v) is 8.75. The van der Waals surface area contributed by atoms with Crippen molar-refractivity contribution in [1.82, 2.24) is 9.99 Å². The lowest BCUT2D eigenvalue weighted by molar-refractivity contribution is -0.121. The Labute approximate surface area is 201 Å². The molecule has 8 heteroatoms. The maximum atomic E-state index is 12.8. The van der Waals surface area contributed by atoms with Crippen molar-refractivity contribution in [1.29, 1.82) is 0 Å². The minimum Gasteiger partial charge on any atom is -0.492 e. The fourth-order valence-corrected chi connectivity index (χ4v) is 4.95. The third-order valence-corrected chi connectivity index (χ3v) is 5.95. The van der Waals surface area contributed by atoms with Crippen LogP contribution in [-0.4, -0.2) is 23.3 Å². The van der Waals surface area contributed by atoms with Gasteiger partial charge in [0, 0.05) is 20.8 Å². The highest BCUT2D eigenvalue weighted by Crippen LogP contribution is 2.32. The first-order valence-corrected chi connectivity index (χ1v) is 11.5. The van der Waals surface area contributed by atoms with Crippen LogP contribution in [0.5, 0.6) is 5.75 Å². The summed E-state index contributed by atoms with van der Waals surface area (Å²) in [6.45, 7) is 2.41. The zero-order valence-corrected chi connectivity index (χ0v) is 20.3. The van der Waals surface area contributed by atoms with Gasteiger partial charge in [-0.3, -0.25) is 9.59 Å². The number of nitrogens with zero attached hydrogens (tertiary/aromatic N) is 2. The highest BCUT2D eigenvalue weighted by atomic mass is 79.9. The first-order valence-electron chi connectivity index (χ1n) is 9.93. The van der Waals surface area contributed by atoms with E-state index in [-0.39, 0.29) is 17.9 Å². The number of para-hydroxylation sites is 2. The maximum absolute atomic E-state index is 12.8. The number of rotatable bonds is 6. The molecule has 0 fully saturated rings. The van der Waals surface area contributed by atoms with E-state index in [4.69, 9.17) is 4.74 Å². The standard InChI is InChI=1S/C24H19Br2N3O3/c1-2-32-24-15(11-16(25)12-19(24)26)13-27-28-22(30)14-29-20-9-5-3-7-17(20)23(31)18-8-4-6-10-21(18)29/h3-13H,2,14H2,1H3,(H,28,30)/b27-13+. The highest BCUT2D eigenvalue weighted by molar-refractivity contribution is 9.11. The number of benzene rings is 3. The summed E-state index contributed by atoms with van der Waals surface area (Å²) in [7, 11) is 0. The summed E-state index contributed by atoms with van der Waals surface area (Å²) in [5.74, 6) is 0.332. The van der Waals surface area contributed by atoms with Crippen molar-refractivity contribution in [3.63, 3.8) is 0 Å². The number of carbonyl (C=O) groups is 1. The Morgan fingerprint density at radius 1 is 1.06 bits per heavy atom. The Bertz CT molecular complexity index is 1350. The van der Waals surface area contributed by atoms with Crippen molar-refractivity contribution < 1.29 is 9.53 Å². The van der Waals surface area contributed by atoms with Gasteiger partial charge in [0.15, 0.2) is 5.43 Å². The number of aromatic nitrogens is 1. The summed E-state index contributed by atoms with van der Waals surface area (Å²) in [6.07, 6.45) is 1.54. The van der Waals surface area contributed by atoms with Gasteiger partial charge < -0.3 is 9.30 Å². The third kappa shape index (κ3) is 4.47. The van der Waals surface area contributed by atoms with Crippen molar-refractivity contribution in [3.8, 4) is 5.75 Å². The minimum atomic E-state index is -0.313. The number of hydrazone groups is 1. The van der Waals surface area contributed by atoms with Gasteiger partial charge in [0.2, 0.25) is 0 Å². The van der Waals surface area contributed by atoms with Crippen LogP contribution in [0.25, 0.3) is 21.8 Å². The van der Waals surface area contributed by atoms with E-state index in [2.05, 4.69) is 42.4 Å². The molecule has 32 heavy (non-hydrogen) atoms. The molecule has 0 aliphatic carbocycles. The van der Waals surface area contributed by atoms with Gasteiger partial charge in [-0.25, -0.2) is 5.43 Å². The summed E-state index contributed by atoms with van der Waals surface area (Å²) >= 11 is 6.93. The van der Waals surface area contributed by atoms with E-state index in [9.17, 15) is 9.59 Å². The third-order valence-electron chi connectivity index (χ3n) is 4.90. The molecule has 0 aliphatic rings. The number of fused-ring (bicyclic) bond motifs is 2. The molecule has 6 nitrogen and oxygen atoms in total. The molecule has 0 atom stereocenters. The Morgan fingerprint density at radius 3 is 2.31 bits per heavy atom. The first-order chi connectivity index (χ1) is 15.5. The van der Waals surface area contributed by atoms with E-state index in [0.717, 1.165) is 8.95 Å². The van der Waals surface area contributed by atoms with Crippen LogP contribution in [0.4, 0.5) is 0 Å². The number of hydrogen-bond acceptors (Lipinski definition) is 4. The monoisotopic (exact) mass is 555 g/mol. The average molecular weight is 557 g/mol. The molecule has 1 amide bonds. The number of nitrogens with one attached hydrogen (secondary N) is 1. The maximum Gasteiger partial charge on any atom is 0.260 e. The van der Waals surface area contributed by atoms with Crippen LogP contribution in [0.3, 0.4) is 0 Å². The average Bonchev–Trinajstić information content (AvgIpc) is 2.79. The lowest BCUT2D eigenvalue weighted by Crippen LogP contribution is -2.25. The lowest BCUT2D eigenvalue weighted by Gasteiger charge is -2.14. The van der Waals surface area contributed by atoms with Gasteiger partial charge in [-0.15, -0.1) is 0 Å². The Kier molecular flexibility index (Phi) is 6.72. The van der Waals surface area contributed by atoms with Crippen molar-refractivity contribution in [2.45, 2.75) is 13.5 Å². The number of halogens is 2. The lowest BCUT2D eigenvalue weighted by atomic mass is 10.1. The molecule has 3 aromatic carbocycles. The molecule has 0 radical (unpaired) electrons. The van der Waals surface area contributed by atoms with E-state index >= 15 is 0 Å². The second-order valence-electron chi connectivity index (χ2n) is 6.98. The molecule has 162 valence electrons. The molecule has 1 N–H and O–H groups in total. The summed E-state index contributed by atoms with van der Waals surface area (Å²) < 4.78 is 9.15. The largest absolute Gasteiger partial charge is 0.492 e. The molecule has 0 aliphatic heterocycles. The molecular formula is C24H19Br2N3O3. The summed E-state index contributed by atoms with van der Waals surface area (Å²) in [5, 5.41) is 5.26. The van der Waals surface area contributed by atoms with Crippen molar-refractivity contribution >= 4 is 65.8 Å². The Hall–Kier alpha value is -2.97. The van der Waals surface area contributed by atoms with Gasteiger partial charge in [-0.1, -0.05) is 40.2 Å². The number of ether oxygens (including phenoxy) is 1. The van der Waals surface area contributed by atoms with Gasteiger partial charge in [-0.2, -0.15) is 5.10 Å². The predicted molar refractivity (Wildman–Crippen MR) is 134 cm³/mol. The molecule has 1 heterocycles. The summed E-state index contributed by atoms with van der Waals surface area (Å²) in [4.78, 5) is 25.6. The van der Waals surface area contributed by atoms with E-state index in [1.165, 1.54) is 0 Å². The van der Waals surface area contributed by atoms with E-state index in [0.29, 0.717) is 39.7 Å². The molecule has 0 unspecified atom stereocenters. The number of amides is 1. The van der Waals surface area contributed by atoms with Crippen LogP contribution in [0, 0.1) is 0 Å². The topological polar surface area (TPSA) is 72.7 Å². The molecular weight excluding hydrogens is 538 g/mol. The molecule has 0 spiro atoms. The van der Waals surface area contributed by atoms with Crippen LogP contribution in [0.15, 0.2) is 79.5 Å². The van der Waals surface area contributed by atoms with E-state index in [1.54, 1.807) is 18.3 Å². The normalized spacial score (nSPS) is 11.3. The van der Waals surface area contributed by atoms with Gasteiger partial charge in [0.25, 0.3) is 5.91 Å². The van der Waals surface area contributed by atoms with Crippen molar-refractivity contribution in [3.05, 3.63) is 85.4 Å². The first kappa shape index (κ1) is 22.2. The zero-order chi connectivity index (χ0) is 22.7. The number of hydrogen-bond donors (Lipinski definition) is 1. The van der Waals surface area contributed by atoms with E-state index in [1.807, 2.05) is 60.0 Å². The molecule has 0 saturated carbocycles. The molecule has 0 bridgehead atoms. The van der Waals surface area contributed by atoms with Crippen LogP contribution < -0.4 is 15.6 Å². The number of pyridine rings is 1. The van der Waals surface area contributed by atoms with Crippen LogP contribution in [0.2, 0.25) is 0 Å². The van der Waals surface area contributed by atoms with Gasteiger partial charge in [-0.05, 0) is 59.3 Å². The molecule has 0 saturated heterocycles. The van der Waals surface area contributed by atoms with Gasteiger partial charge in [0.05, 0.1) is 28.3 Å². The Balaban J connectivity index is 1.63. The van der Waals surface area contributed by atoms with E-state index < -0.39 is 0 Å². The predicted octanol–water partition coefficient (Wildman–Crippen LogP) is 5.23. The van der Waals surface area contributed by atoms with Crippen LogP contribution in [-0.2, 0) is 11.3 Å². The number of carbonyl (C=O) groups excluding carboxylic acids is 1. The quantitative estimate of drug-likeness (QED) is 0.201. The smallest absolute Gasteiger partial charge is 0.260 e. The summed E-state index contributed by atoms with van der Waals surface area (Å²) in [6, 6.07) is 18.3. The summed E-state index contributed by atoms with van der Waals surface area (Å²) in [5.41, 5.74) is 4.64. The van der Waals surface area contributed by atoms with Crippen LogP contribution >= 0.6 is 31.9 Å². The highest BCUT2D eigenvalue weighted by Gasteiger charge is 2.13. The van der Waals surface area contributed by atoms with Gasteiger partial charge >= 0.3 is 0 Å². The fourth-order valence-electron chi connectivity index (χ4n) is 3.57. The van der Waals surface area contributed by atoms with Crippen molar-refractivity contribution in [2.24, 2.45) is 5.10 Å². The van der Waals surface area contributed by atoms with Crippen LogP contribution in [0.1, 0.15) is 12.5 Å². The molecule has 1 aromatic heterocycles. The molecule has 4 rings (SSSR count). The molecule has 4 aromatic rings. The fraction of sp³-hybridized carbons (Fsp3) is 0.125. The minimum absolute atomic E-state index is 0.0130. The second kappa shape index (κ2) is 9.67. The Morgan fingerprint density at radius 2 is 1.69 bits per heavy atom. The zero-order valence-electron chi connectivity index (χ0n) is 17.1.